The van der Waals surface area contributed by atoms with Crippen LogP contribution >= 0.6 is 31.9 Å². The van der Waals surface area contributed by atoms with Crippen LogP contribution < -0.4 is 32.4 Å². The Kier molecular flexibility index (Phi) is 14.4. The molecule has 3 aromatic rings. The summed E-state index contributed by atoms with van der Waals surface area (Å²) in [6.07, 6.45) is 2.23. The van der Waals surface area contributed by atoms with Crippen molar-refractivity contribution in [2.75, 3.05) is 20.0 Å². The van der Waals surface area contributed by atoms with Gasteiger partial charge < -0.3 is 31.7 Å². The molecule has 7 N–H and O–H groups in total. The number of halogens is 2. The van der Waals surface area contributed by atoms with E-state index >= 15 is 0 Å². The van der Waals surface area contributed by atoms with Crippen molar-refractivity contribution in [3.63, 3.8) is 0 Å². The highest BCUT2D eigenvalue weighted by Crippen LogP contribution is 2.29. The fourth-order valence-corrected chi connectivity index (χ4v) is 3.10. The van der Waals surface area contributed by atoms with E-state index in [0.29, 0.717) is 34.6 Å². The molecule has 0 fully saturated rings. The van der Waals surface area contributed by atoms with Crippen LogP contribution in [0.25, 0.3) is 10.9 Å². The number of carbonyl (C=O) groups excluding carboxylic acids is 2. The van der Waals surface area contributed by atoms with E-state index in [9.17, 15) is 9.59 Å². The summed E-state index contributed by atoms with van der Waals surface area (Å²) in [6.45, 7) is 0. The summed E-state index contributed by atoms with van der Waals surface area (Å²) in [5.41, 5.74) is 15.3. The third-order valence-corrected chi connectivity index (χ3v) is 4.61. The van der Waals surface area contributed by atoms with Gasteiger partial charge in [-0.2, -0.15) is 0 Å². The molecule has 176 valence electrons. The first kappa shape index (κ1) is 31.1. The van der Waals surface area contributed by atoms with Crippen LogP contribution in [0.5, 0.6) is 11.5 Å². The van der Waals surface area contributed by atoms with E-state index in [1.54, 1.807) is 32.4 Å². The Labute approximate surface area is 202 Å². The topological polar surface area (TPSA) is 176 Å². The largest absolute Gasteiger partial charge is 0.495 e. The van der Waals surface area contributed by atoms with Gasteiger partial charge in [0.05, 0.1) is 28.7 Å². The number of anilines is 1. The lowest BCUT2D eigenvalue weighted by atomic mass is 10.2. The summed E-state index contributed by atoms with van der Waals surface area (Å²) in [5.74, 6) is 1.30. The summed E-state index contributed by atoms with van der Waals surface area (Å²) >= 11 is 6.59. The number of aromatic nitrogens is 2. The van der Waals surface area contributed by atoms with Gasteiger partial charge in [0.1, 0.15) is 11.5 Å². The van der Waals surface area contributed by atoms with Crippen molar-refractivity contribution >= 4 is 60.8 Å². The molecule has 3 rings (SSSR count). The summed E-state index contributed by atoms with van der Waals surface area (Å²) < 4.78 is 11.6. The second-order valence-electron chi connectivity index (χ2n) is 5.40. The molecule has 0 aliphatic carbocycles. The van der Waals surface area contributed by atoms with E-state index in [2.05, 4.69) is 53.3 Å². The second-order valence-corrected chi connectivity index (χ2v) is 7.11. The number of nitrogens with zero attached hydrogens (tertiary/aromatic N) is 1. The molecule has 0 radical (unpaired) electrons. The minimum Gasteiger partial charge on any atom is -0.495 e. The number of aromatic amines is 1. The Morgan fingerprint density at radius 3 is 2.03 bits per heavy atom. The lowest BCUT2D eigenvalue weighted by Gasteiger charge is -2.05. The SMILES string of the molecule is C.C.COc1cc(N)c(C=O)cc1Br.COc1cc2[nH]c(=O)ncc2cc1Br.NC(N)=O. The lowest BCUT2D eigenvalue weighted by molar-refractivity contribution is 0.112. The maximum atomic E-state index is 10.9. The molecule has 12 heteroatoms. The fraction of sp³-hybridized carbons (Fsp3) is 0.200. The quantitative estimate of drug-likeness (QED) is 0.270. The van der Waals surface area contributed by atoms with Gasteiger partial charge in [-0.05, 0) is 44.0 Å². The van der Waals surface area contributed by atoms with Crippen molar-refractivity contribution in [3.05, 3.63) is 55.5 Å². The van der Waals surface area contributed by atoms with Gasteiger partial charge in [0.25, 0.3) is 0 Å². The maximum absolute atomic E-state index is 10.9. The predicted molar refractivity (Wildman–Crippen MR) is 134 cm³/mol. The molecule has 0 saturated heterocycles. The van der Waals surface area contributed by atoms with Crippen molar-refractivity contribution in [1.82, 2.24) is 9.97 Å². The zero-order chi connectivity index (χ0) is 22.8. The van der Waals surface area contributed by atoms with Crippen molar-refractivity contribution in [2.45, 2.75) is 14.9 Å². The predicted octanol–water partition coefficient (Wildman–Crippen LogP) is 3.84. The number of urea groups is 1. The Hall–Kier alpha value is -3.12. The smallest absolute Gasteiger partial charge is 0.345 e. The number of nitrogen functional groups attached to an aromatic ring is 1. The molecule has 0 bridgehead atoms. The number of nitrogens with one attached hydrogen (secondary N) is 1. The first-order valence-corrected chi connectivity index (χ1v) is 9.57. The van der Waals surface area contributed by atoms with Crippen LogP contribution in [0.3, 0.4) is 0 Å². The Morgan fingerprint density at radius 1 is 1.03 bits per heavy atom. The van der Waals surface area contributed by atoms with Crippen molar-refractivity contribution < 1.29 is 19.1 Å². The molecule has 0 atom stereocenters. The number of H-pyrrole nitrogens is 1. The number of aldehydes is 1. The molecule has 0 aliphatic heterocycles. The van der Waals surface area contributed by atoms with Crippen LogP contribution in [0.15, 0.2) is 44.2 Å². The first-order chi connectivity index (χ1) is 14.1. The molecule has 10 nitrogen and oxygen atoms in total. The van der Waals surface area contributed by atoms with Crippen molar-refractivity contribution in [3.8, 4) is 11.5 Å². The van der Waals surface area contributed by atoms with Crippen LogP contribution in [0.4, 0.5) is 10.5 Å². The van der Waals surface area contributed by atoms with E-state index < -0.39 is 6.03 Å². The Bertz CT molecular complexity index is 1100. The third-order valence-electron chi connectivity index (χ3n) is 3.37. The van der Waals surface area contributed by atoms with Gasteiger partial charge in [0, 0.05) is 35.0 Å². The Balaban J connectivity index is 0. The molecule has 0 unspecified atom stereocenters. The van der Waals surface area contributed by atoms with Gasteiger partial charge in [0.2, 0.25) is 0 Å². The number of ether oxygens (including phenoxy) is 2. The van der Waals surface area contributed by atoms with Gasteiger partial charge in [0.15, 0.2) is 6.29 Å². The first-order valence-electron chi connectivity index (χ1n) is 7.98. The minimum atomic E-state index is -0.833. The highest BCUT2D eigenvalue weighted by atomic mass is 79.9. The molecule has 0 saturated carbocycles. The molecule has 2 aromatic carbocycles. The van der Waals surface area contributed by atoms with Gasteiger partial charge in [-0.3, -0.25) is 4.79 Å². The standard InChI is InChI=1S/C9H7BrN2O2.C8H8BrNO2.CH4N2O.2CH4/c1-14-8-3-7-5(2-6(8)10)4-11-9(13)12-7;1-12-8-3-7(10)5(4-11)2-6(8)9;2-1(3)4;;/h2-4H,1H3,(H,11,12,13);2-4H,10H2,1H3;(H4,2,3,4);2*1H4. The van der Waals surface area contributed by atoms with E-state index in [1.807, 2.05) is 6.07 Å². The van der Waals surface area contributed by atoms with Crippen LogP contribution in [0.2, 0.25) is 0 Å². The number of nitrogens with two attached hydrogens (primary N) is 3. The number of primary amides is 2. The van der Waals surface area contributed by atoms with E-state index in [-0.39, 0.29) is 20.5 Å². The van der Waals surface area contributed by atoms with Crippen molar-refractivity contribution in [2.24, 2.45) is 11.5 Å². The summed E-state index contributed by atoms with van der Waals surface area (Å²) in [4.78, 5) is 36.6. The maximum Gasteiger partial charge on any atom is 0.345 e. The summed E-state index contributed by atoms with van der Waals surface area (Å²) in [6, 6.07) is 5.99. The number of hydrogen-bond donors (Lipinski definition) is 4. The van der Waals surface area contributed by atoms with Gasteiger partial charge in [-0.15, -0.1) is 0 Å². The van der Waals surface area contributed by atoms with Gasteiger partial charge >= 0.3 is 11.7 Å². The van der Waals surface area contributed by atoms with Gasteiger partial charge in [-0.25, -0.2) is 14.6 Å². The molecule has 2 amide bonds. The van der Waals surface area contributed by atoms with Crippen LogP contribution in [0, 0.1) is 0 Å². The van der Waals surface area contributed by atoms with Gasteiger partial charge in [-0.1, -0.05) is 14.9 Å². The Morgan fingerprint density at radius 2 is 1.53 bits per heavy atom. The lowest BCUT2D eigenvalue weighted by Crippen LogP contribution is -2.18. The number of hydrogen-bond acceptors (Lipinski definition) is 7. The fourth-order valence-electron chi connectivity index (χ4n) is 2.06. The van der Waals surface area contributed by atoms with E-state index in [4.69, 9.17) is 20.0 Å². The summed E-state index contributed by atoms with van der Waals surface area (Å²) in [5, 5.41) is 0.859. The van der Waals surface area contributed by atoms with Crippen LogP contribution in [-0.2, 0) is 0 Å². The zero-order valence-corrected chi connectivity index (χ0v) is 19.1. The molecular formula is C20H27Br2N5O5. The van der Waals surface area contributed by atoms with E-state index in [0.717, 1.165) is 14.3 Å². The number of benzene rings is 2. The number of fused-ring (bicyclic) bond motifs is 1. The summed E-state index contributed by atoms with van der Waals surface area (Å²) in [7, 11) is 3.12. The number of carbonyl (C=O) groups is 2. The molecule has 1 heterocycles. The molecule has 0 aliphatic rings. The monoisotopic (exact) mass is 575 g/mol. The number of rotatable bonds is 3. The zero-order valence-electron chi connectivity index (χ0n) is 15.9. The molecule has 0 spiro atoms. The average Bonchev–Trinajstić information content (AvgIpc) is 2.69. The number of amides is 2. The molecular weight excluding hydrogens is 550 g/mol. The average molecular weight is 577 g/mol. The highest BCUT2D eigenvalue weighted by Gasteiger charge is 2.05. The van der Waals surface area contributed by atoms with Crippen molar-refractivity contribution in [1.29, 1.82) is 0 Å². The minimum absolute atomic E-state index is 0. The van der Waals surface area contributed by atoms with Crippen LogP contribution in [-0.4, -0.2) is 36.5 Å². The highest BCUT2D eigenvalue weighted by molar-refractivity contribution is 9.10. The third kappa shape index (κ3) is 9.35. The van der Waals surface area contributed by atoms with E-state index in [1.165, 1.54) is 6.20 Å². The second kappa shape index (κ2) is 14.8. The molecule has 1 aromatic heterocycles. The molecule has 32 heavy (non-hydrogen) atoms. The van der Waals surface area contributed by atoms with Crippen LogP contribution in [0.1, 0.15) is 25.2 Å². The normalized spacial score (nSPS) is 8.88. The number of methoxy groups -OCH3 is 2.